The van der Waals surface area contributed by atoms with Crippen molar-refractivity contribution in [2.24, 2.45) is 0 Å². The van der Waals surface area contributed by atoms with Crippen LogP contribution in [0.1, 0.15) is 23.1 Å². The number of ether oxygens (including phenoxy) is 1. The van der Waals surface area contributed by atoms with Crippen LogP contribution in [0.3, 0.4) is 0 Å². The van der Waals surface area contributed by atoms with Gasteiger partial charge >= 0.3 is 0 Å². The molecule has 0 saturated carbocycles. The van der Waals surface area contributed by atoms with Crippen LogP contribution in [-0.2, 0) is 24.4 Å². The highest BCUT2D eigenvalue weighted by molar-refractivity contribution is 9.10. The van der Waals surface area contributed by atoms with Gasteiger partial charge in [-0.25, -0.2) is 0 Å². The summed E-state index contributed by atoms with van der Waals surface area (Å²) in [5.41, 5.74) is 3.81. The molecule has 1 aliphatic rings. The number of benzene rings is 2. The van der Waals surface area contributed by atoms with Crippen molar-refractivity contribution in [3.05, 3.63) is 63.6 Å². The SMILES string of the molecule is O=C(CCOc1cccc(Br)c1)NCc1ccc2c(c1)CNC2. The minimum Gasteiger partial charge on any atom is -0.493 e. The third-order valence-corrected chi connectivity index (χ3v) is 4.28. The molecule has 4 nitrogen and oxygen atoms in total. The Kier molecular flexibility index (Phi) is 5.31. The largest absolute Gasteiger partial charge is 0.493 e. The van der Waals surface area contributed by atoms with Crippen LogP contribution in [0.2, 0.25) is 0 Å². The van der Waals surface area contributed by atoms with Crippen LogP contribution in [0.5, 0.6) is 5.75 Å². The minimum absolute atomic E-state index is 0.00128. The zero-order chi connectivity index (χ0) is 16.1. The van der Waals surface area contributed by atoms with Crippen LogP contribution in [0.4, 0.5) is 0 Å². The monoisotopic (exact) mass is 374 g/mol. The maximum absolute atomic E-state index is 11.9. The summed E-state index contributed by atoms with van der Waals surface area (Å²) in [5, 5.41) is 6.26. The standard InChI is InChI=1S/C18H19BrN2O2/c19-16-2-1-3-17(9-16)23-7-6-18(22)21-10-13-4-5-14-11-20-12-15(14)8-13/h1-5,8-9,20H,6-7,10-12H2,(H,21,22). The van der Waals surface area contributed by atoms with Crippen molar-refractivity contribution in [3.8, 4) is 5.75 Å². The third-order valence-electron chi connectivity index (χ3n) is 3.79. The fraction of sp³-hybridized carbons (Fsp3) is 0.278. The number of carbonyl (C=O) groups is 1. The second-order valence-electron chi connectivity index (χ2n) is 5.54. The molecule has 0 unspecified atom stereocenters. The molecule has 1 heterocycles. The highest BCUT2D eigenvalue weighted by Crippen LogP contribution is 2.18. The molecule has 1 amide bonds. The predicted octanol–water partition coefficient (Wildman–Crippen LogP) is 3.14. The molecule has 2 aromatic rings. The summed E-state index contributed by atoms with van der Waals surface area (Å²) in [5.74, 6) is 0.761. The van der Waals surface area contributed by atoms with Gasteiger partial charge in [0.05, 0.1) is 13.0 Å². The molecule has 23 heavy (non-hydrogen) atoms. The van der Waals surface area contributed by atoms with E-state index in [1.165, 1.54) is 11.1 Å². The fourth-order valence-electron chi connectivity index (χ4n) is 2.57. The second-order valence-corrected chi connectivity index (χ2v) is 6.45. The van der Waals surface area contributed by atoms with E-state index in [9.17, 15) is 4.79 Å². The van der Waals surface area contributed by atoms with E-state index in [1.54, 1.807) is 0 Å². The summed E-state index contributed by atoms with van der Waals surface area (Å²) in [4.78, 5) is 11.9. The first-order chi connectivity index (χ1) is 11.2. The predicted molar refractivity (Wildman–Crippen MR) is 93.1 cm³/mol. The summed E-state index contributed by atoms with van der Waals surface area (Å²) in [6.07, 6.45) is 0.346. The van der Waals surface area contributed by atoms with Gasteiger partial charge in [0, 0.05) is 24.1 Å². The smallest absolute Gasteiger partial charge is 0.223 e. The van der Waals surface area contributed by atoms with Gasteiger partial charge in [0.2, 0.25) is 5.91 Å². The number of rotatable bonds is 6. The molecule has 1 aliphatic heterocycles. The van der Waals surface area contributed by atoms with Crippen LogP contribution >= 0.6 is 15.9 Å². The van der Waals surface area contributed by atoms with Crippen LogP contribution in [-0.4, -0.2) is 12.5 Å². The van der Waals surface area contributed by atoms with Gasteiger partial charge in [0.1, 0.15) is 5.75 Å². The number of hydrogen-bond donors (Lipinski definition) is 2. The van der Waals surface area contributed by atoms with Crippen molar-refractivity contribution in [1.29, 1.82) is 0 Å². The van der Waals surface area contributed by atoms with E-state index in [4.69, 9.17) is 4.74 Å². The van der Waals surface area contributed by atoms with Gasteiger partial charge in [-0.2, -0.15) is 0 Å². The van der Waals surface area contributed by atoms with E-state index < -0.39 is 0 Å². The van der Waals surface area contributed by atoms with Crippen molar-refractivity contribution in [2.75, 3.05) is 6.61 Å². The summed E-state index contributed by atoms with van der Waals surface area (Å²) in [6.45, 7) is 2.78. The van der Waals surface area contributed by atoms with E-state index in [0.717, 1.165) is 28.9 Å². The lowest BCUT2D eigenvalue weighted by Crippen LogP contribution is -2.24. The van der Waals surface area contributed by atoms with Crippen molar-refractivity contribution in [2.45, 2.75) is 26.1 Å². The van der Waals surface area contributed by atoms with E-state index in [0.29, 0.717) is 19.6 Å². The summed E-state index contributed by atoms with van der Waals surface area (Å²) >= 11 is 3.39. The Labute approximate surface area is 144 Å². The Morgan fingerprint density at radius 2 is 2.04 bits per heavy atom. The van der Waals surface area contributed by atoms with Gasteiger partial charge in [0.15, 0.2) is 0 Å². The van der Waals surface area contributed by atoms with Gasteiger partial charge in [-0.1, -0.05) is 40.2 Å². The minimum atomic E-state index is -0.00128. The number of hydrogen-bond acceptors (Lipinski definition) is 3. The van der Waals surface area contributed by atoms with Gasteiger partial charge in [-0.15, -0.1) is 0 Å². The summed E-state index contributed by atoms with van der Waals surface area (Å²) < 4.78 is 6.53. The van der Waals surface area contributed by atoms with E-state index in [2.05, 4.69) is 44.8 Å². The number of amides is 1. The van der Waals surface area contributed by atoms with Gasteiger partial charge in [-0.05, 0) is 34.9 Å². The topological polar surface area (TPSA) is 50.4 Å². The lowest BCUT2D eigenvalue weighted by Gasteiger charge is -2.08. The number of nitrogens with one attached hydrogen (secondary N) is 2. The Morgan fingerprint density at radius 1 is 1.17 bits per heavy atom. The average Bonchev–Trinajstić information content (AvgIpc) is 3.00. The molecule has 0 spiro atoms. The Balaban J connectivity index is 1.41. The number of carbonyl (C=O) groups excluding carboxylic acids is 1. The molecule has 2 aromatic carbocycles. The van der Waals surface area contributed by atoms with Gasteiger partial charge in [-0.3, -0.25) is 4.79 Å². The highest BCUT2D eigenvalue weighted by Gasteiger charge is 2.10. The van der Waals surface area contributed by atoms with Crippen molar-refractivity contribution in [1.82, 2.24) is 10.6 Å². The molecule has 0 bridgehead atoms. The molecule has 0 radical (unpaired) electrons. The molecule has 0 aliphatic carbocycles. The number of fused-ring (bicyclic) bond motifs is 1. The van der Waals surface area contributed by atoms with Crippen LogP contribution < -0.4 is 15.4 Å². The lowest BCUT2D eigenvalue weighted by atomic mass is 10.1. The Hall–Kier alpha value is -1.85. The van der Waals surface area contributed by atoms with Crippen molar-refractivity contribution < 1.29 is 9.53 Å². The molecular weight excluding hydrogens is 356 g/mol. The van der Waals surface area contributed by atoms with Gasteiger partial charge < -0.3 is 15.4 Å². The highest BCUT2D eigenvalue weighted by atomic mass is 79.9. The summed E-state index contributed by atoms with van der Waals surface area (Å²) in [6, 6.07) is 14.0. The lowest BCUT2D eigenvalue weighted by molar-refractivity contribution is -0.121. The van der Waals surface area contributed by atoms with E-state index >= 15 is 0 Å². The molecule has 0 atom stereocenters. The maximum atomic E-state index is 11.9. The normalized spacial score (nSPS) is 12.7. The summed E-state index contributed by atoms with van der Waals surface area (Å²) in [7, 11) is 0. The molecule has 0 aromatic heterocycles. The quantitative estimate of drug-likeness (QED) is 0.816. The molecule has 2 N–H and O–H groups in total. The van der Waals surface area contributed by atoms with E-state index in [1.807, 2.05) is 24.3 Å². The maximum Gasteiger partial charge on any atom is 0.223 e. The van der Waals surface area contributed by atoms with Crippen LogP contribution in [0.25, 0.3) is 0 Å². The molecule has 3 rings (SSSR count). The molecular formula is C18H19BrN2O2. The third kappa shape index (κ3) is 4.56. The first-order valence-electron chi connectivity index (χ1n) is 7.67. The second kappa shape index (κ2) is 7.62. The zero-order valence-electron chi connectivity index (χ0n) is 12.8. The Morgan fingerprint density at radius 3 is 2.91 bits per heavy atom. The first-order valence-corrected chi connectivity index (χ1v) is 8.46. The number of halogens is 1. The van der Waals surface area contributed by atoms with E-state index in [-0.39, 0.29) is 5.91 Å². The molecule has 0 fully saturated rings. The van der Waals surface area contributed by atoms with Crippen LogP contribution in [0, 0.1) is 0 Å². The fourth-order valence-corrected chi connectivity index (χ4v) is 2.94. The Bertz CT molecular complexity index is 703. The van der Waals surface area contributed by atoms with Gasteiger partial charge in [0.25, 0.3) is 0 Å². The van der Waals surface area contributed by atoms with Crippen LogP contribution in [0.15, 0.2) is 46.9 Å². The molecule has 0 saturated heterocycles. The first kappa shape index (κ1) is 16.0. The zero-order valence-corrected chi connectivity index (χ0v) is 14.4. The van der Waals surface area contributed by atoms with Crippen molar-refractivity contribution >= 4 is 21.8 Å². The molecule has 5 heteroatoms. The average molecular weight is 375 g/mol. The molecule has 120 valence electrons. The van der Waals surface area contributed by atoms with Crippen molar-refractivity contribution in [3.63, 3.8) is 0 Å².